The van der Waals surface area contributed by atoms with Crippen LogP contribution in [0.5, 0.6) is 0 Å². The smallest absolute Gasteiger partial charge is 0.113 e. The van der Waals surface area contributed by atoms with Gasteiger partial charge in [0.1, 0.15) is 5.52 Å². The van der Waals surface area contributed by atoms with Crippen LogP contribution in [0, 0.1) is 6.92 Å². The molecule has 4 aromatic carbocycles. The lowest BCUT2D eigenvalue weighted by molar-refractivity contribution is 0.841. The van der Waals surface area contributed by atoms with Gasteiger partial charge >= 0.3 is 0 Å². The number of benzene rings is 4. The number of nitrogens with zero attached hydrogens (tertiary/aromatic N) is 3. The molecule has 5 aromatic rings. The fraction of sp³-hybridized carbons (Fsp3) is 0.0714. The van der Waals surface area contributed by atoms with E-state index in [1.165, 1.54) is 21.6 Å². The zero-order chi connectivity index (χ0) is 21.8. The molecule has 0 N–H and O–H groups in total. The monoisotopic (exact) mass is 433 g/mol. The van der Waals surface area contributed by atoms with Gasteiger partial charge in [0.2, 0.25) is 0 Å². The third-order valence-corrected chi connectivity index (χ3v) is 6.46. The van der Waals surface area contributed by atoms with E-state index >= 15 is 0 Å². The quantitative estimate of drug-likeness (QED) is 0.214. The zero-order valence-electron chi connectivity index (χ0n) is 17.8. The van der Waals surface area contributed by atoms with Crippen LogP contribution in [0.25, 0.3) is 22.3 Å². The number of para-hydroxylation sites is 1. The Bertz CT molecular complexity index is 1350. The molecule has 156 valence electrons. The summed E-state index contributed by atoms with van der Waals surface area (Å²) in [4.78, 5) is 1.24. The fourth-order valence-corrected chi connectivity index (χ4v) is 4.73. The second-order valence-corrected chi connectivity index (χ2v) is 8.70. The molecule has 0 atom stereocenters. The van der Waals surface area contributed by atoms with Crippen molar-refractivity contribution in [2.24, 2.45) is 0 Å². The van der Waals surface area contributed by atoms with Crippen LogP contribution < -0.4 is 0 Å². The average Bonchev–Trinajstić information content (AvgIpc) is 3.27. The Morgan fingerprint density at radius 1 is 0.719 bits per heavy atom. The summed E-state index contributed by atoms with van der Waals surface area (Å²) in [5.41, 5.74) is 7.73. The van der Waals surface area contributed by atoms with Crippen LogP contribution in [0.4, 0.5) is 0 Å². The van der Waals surface area contributed by atoms with Crippen LogP contribution >= 0.6 is 11.8 Å². The van der Waals surface area contributed by atoms with Gasteiger partial charge in [-0.25, -0.2) is 4.68 Å². The number of aromatic nitrogens is 3. The van der Waals surface area contributed by atoms with E-state index in [2.05, 4.69) is 102 Å². The SMILES string of the molecule is Cc1ccc(/C(CSc2ccccc2)=C(/c2ccccc2)n2nnc3ccccc32)cc1. The second kappa shape index (κ2) is 9.25. The summed E-state index contributed by atoms with van der Waals surface area (Å²) in [7, 11) is 0. The number of hydrogen-bond donors (Lipinski definition) is 0. The van der Waals surface area contributed by atoms with Crippen LogP contribution in [0.2, 0.25) is 0 Å². The summed E-state index contributed by atoms with van der Waals surface area (Å²) in [5.74, 6) is 0.811. The minimum atomic E-state index is 0.811. The van der Waals surface area contributed by atoms with Crippen LogP contribution in [0.15, 0.2) is 114 Å². The van der Waals surface area contributed by atoms with Crippen molar-refractivity contribution >= 4 is 34.1 Å². The molecule has 0 aliphatic rings. The molecular formula is C28H23N3S. The first-order valence-electron chi connectivity index (χ1n) is 10.6. The van der Waals surface area contributed by atoms with Crippen molar-refractivity contribution in [1.29, 1.82) is 0 Å². The van der Waals surface area contributed by atoms with Crippen LogP contribution in [0.3, 0.4) is 0 Å². The standard InChI is InChI=1S/C28H23N3S/c1-21-16-18-22(19-17-21)25(20-32-24-12-6-3-7-13-24)28(23-10-4-2-5-11-23)31-27-15-9-8-14-26(27)29-30-31/h2-19H,20H2,1H3/b28-25-. The molecule has 0 bridgehead atoms. The highest BCUT2D eigenvalue weighted by Gasteiger charge is 2.18. The second-order valence-electron chi connectivity index (χ2n) is 7.65. The Morgan fingerprint density at radius 2 is 1.38 bits per heavy atom. The van der Waals surface area contributed by atoms with Crippen molar-refractivity contribution in [3.8, 4) is 0 Å². The predicted molar refractivity (Wildman–Crippen MR) is 135 cm³/mol. The van der Waals surface area contributed by atoms with Crippen molar-refractivity contribution in [3.63, 3.8) is 0 Å². The molecule has 3 nitrogen and oxygen atoms in total. The minimum Gasteiger partial charge on any atom is -0.212 e. The lowest BCUT2D eigenvalue weighted by atomic mass is 9.99. The van der Waals surface area contributed by atoms with E-state index in [0.717, 1.165) is 28.0 Å². The number of rotatable bonds is 6. The van der Waals surface area contributed by atoms with Gasteiger partial charge in [-0.15, -0.1) is 16.9 Å². The number of fused-ring (bicyclic) bond motifs is 1. The van der Waals surface area contributed by atoms with Crippen LogP contribution in [-0.4, -0.2) is 20.7 Å². The summed E-state index contributed by atoms with van der Waals surface area (Å²) in [5, 5.41) is 9.04. The Balaban J connectivity index is 1.74. The molecule has 5 rings (SSSR count). The fourth-order valence-electron chi connectivity index (χ4n) is 3.77. The minimum absolute atomic E-state index is 0.811. The maximum atomic E-state index is 4.59. The van der Waals surface area contributed by atoms with Crippen molar-refractivity contribution in [2.75, 3.05) is 5.75 Å². The van der Waals surface area contributed by atoms with E-state index in [4.69, 9.17) is 0 Å². The molecule has 0 spiro atoms. The molecule has 0 amide bonds. The molecule has 0 radical (unpaired) electrons. The summed E-state index contributed by atoms with van der Waals surface area (Å²) in [6.45, 7) is 2.12. The van der Waals surface area contributed by atoms with Gasteiger partial charge in [0.05, 0.1) is 11.2 Å². The van der Waals surface area contributed by atoms with Gasteiger partial charge in [-0.05, 0) is 42.3 Å². The maximum Gasteiger partial charge on any atom is 0.113 e. The molecule has 0 unspecified atom stereocenters. The van der Waals surface area contributed by atoms with E-state index in [0.29, 0.717) is 0 Å². The van der Waals surface area contributed by atoms with Gasteiger partial charge in [-0.2, -0.15) is 0 Å². The molecule has 1 heterocycles. The highest BCUT2D eigenvalue weighted by molar-refractivity contribution is 7.99. The highest BCUT2D eigenvalue weighted by Crippen LogP contribution is 2.34. The van der Waals surface area contributed by atoms with Crippen molar-refractivity contribution in [1.82, 2.24) is 15.0 Å². The predicted octanol–water partition coefficient (Wildman–Crippen LogP) is 6.95. The van der Waals surface area contributed by atoms with Crippen molar-refractivity contribution < 1.29 is 0 Å². The molecule has 0 saturated carbocycles. The van der Waals surface area contributed by atoms with Gasteiger partial charge in [-0.1, -0.05) is 95.7 Å². The Morgan fingerprint density at radius 3 is 2.12 bits per heavy atom. The van der Waals surface area contributed by atoms with E-state index in [9.17, 15) is 0 Å². The van der Waals surface area contributed by atoms with E-state index in [1.807, 2.05) is 40.7 Å². The largest absolute Gasteiger partial charge is 0.212 e. The molecule has 0 aliphatic carbocycles. The third kappa shape index (κ3) is 4.23. The number of aryl methyl sites for hydroxylation is 1. The molecule has 0 aliphatic heterocycles. The summed E-state index contributed by atoms with van der Waals surface area (Å²) in [6.07, 6.45) is 0. The first-order chi connectivity index (χ1) is 15.8. The average molecular weight is 434 g/mol. The van der Waals surface area contributed by atoms with Crippen molar-refractivity contribution in [2.45, 2.75) is 11.8 Å². The van der Waals surface area contributed by atoms with E-state index in [1.54, 1.807) is 0 Å². The van der Waals surface area contributed by atoms with Gasteiger partial charge in [0.25, 0.3) is 0 Å². The Labute approximate surface area is 192 Å². The molecule has 32 heavy (non-hydrogen) atoms. The van der Waals surface area contributed by atoms with E-state index in [-0.39, 0.29) is 0 Å². The zero-order valence-corrected chi connectivity index (χ0v) is 18.7. The summed E-state index contributed by atoms with van der Waals surface area (Å²) >= 11 is 1.83. The molecule has 0 fully saturated rings. The number of hydrogen-bond acceptors (Lipinski definition) is 3. The summed E-state index contributed by atoms with van der Waals surface area (Å²) in [6, 6.07) is 37.9. The third-order valence-electron chi connectivity index (χ3n) is 5.42. The van der Waals surface area contributed by atoms with Gasteiger partial charge < -0.3 is 0 Å². The Hall–Kier alpha value is -3.63. The van der Waals surface area contributed by atoms with Crippen LogP contribution in [0.1, 0.15) is 16.7 Å². The number of thioether (sulfide) groups is 1. The molecule has 0 saturated heterocycles. The first-order valence-corrected chi connectivity index (χ1v) is 11.6. The van der Waals surface area contributed by atoms with Gasteiger partial charge in [0, 0.05) is 16.2 Å². The van der Waals surface area contributed by atoms with Crippen molar-refractivity contribution in [3.05, 3.63) is 126 Å². The normalized spacial score (nSPS) is 12.0. The lowest BCUT2D eigenvalue weighted by Crippen LogP contribution is -2.06. The highest BCUT2D eigenvalue weighted by atomic mass is 32.2. The molecule has 1 aromatic heterocycles. The van der Waals surface area contributed by atoms with Gasteiger partial charge in [0.15, 0.2) is 0 Å². The van der Waals surface area contributed by atoms with Gasteiger partial charge in [-0.3, -0.25) is 0 Å². The first kappa shape index (κ1) is 20.3. The van der Waals surface area contributed by atoms with Crippen LogP contribution in [-0.2, 0) is 0 Å². The topological polar surface area (TPSA) is 30.7 Å². The molecule has 4 heteroatoms. The Kier molecular flexibility index (Phi) is 5.86. The maximum absolute atomic E-state index is 4.59. The molecular weight excluding hydrogens is 410 g/mol. The lowest BCUT2D eigenvalue weighted by Gasteiger charge is -2.17. The van der Waals surface area contributed by atoms with E-state index < -0.39 is 0 Å². The summed E-state index contributed by atoms with van der Waals surface area (Å²) < 4.78 is 1.99.